The lowest BCUT2D eigenvalue weighted by atomic mass is 9.98. The summed E-state index contributed by atoms with van der Waals surface area (Å²) in [6, 6.07) is 4.16. The zero-order valence-electron chi connectivity index (χ0n) is 11.9. The van der Waals surface area contributed by atoms with Crippen molar-refractivity contribution in [1.29, 1.82) is 0 Å². The number of rotatable bonds is 3. The Labute approximate surface area is 133 Å². The summed E-state index contributed by atoms with van der Waals surface area (Å²) in [7, 11) is -3.23. The van der Waals surface area contributed by atoms with Gasteiger partial charge in [-0.2, -0.15) is 0 Å². The van der Waals surface area contributed by atoms with Gasteiger partial charge in [-0.25, -0.2) is 8.42 Å². The first-order valence-electron chi connectivity index (χ1n) is 7.14. The Morgan fingerprint density at radius 3 is 2.76 bits per heavy atom. The van der Waals surface area contributed by atoms with Gasteiger partial charge in [-0.15, -0.1) is 0 Å². The fraction of sp³-hybridized carbons (Fsp3) is 0.533. The molecule has 0 bridgehead atoms. The van der Waals surface area contributed by atoms with Gasteiger partial charge in [0, 0.05) is 17.6 Å². The first-order chi connectivity index (χ1) is 9.87. The van der Waals surface area contributed by atoms with Crippen molar-refractivity contribution in [2.24, 2.45) is 0 Å². The molecular formula is C15H18BrNO3S. The molecule has 21 heavy (non-hydrogen) atoms. The molecule has 1 fully saturated rings. The van der Waals surface area contributed by atoms with Crippen molar-refractivity contribution in [3.05, 3.63) is 33.3 Å². The molecule has 0 aromatic heterocycles. The van der Waals surface area contributed by atoms with Gasteiger partial charge in [0.15, 0.2) is 9.84 Å². The second-order valence-corrected chi connectivity index (χ2v) is 9.09. The lowest BCUT2D eigenvalue weighted by Crippen LogP contribution is -2.40. The Bertz CT molecular complexity index is 695. The van der Waals surface area contributed by atoms with Crippen molar-refractivity contribution >= 4 is 31.7 Å². The van der Waals surface area contributed by atoms with Crippen LogP contribution in [0, 0.1) is 6.92 Å². The highest BCUT2D eigenvalue weighted by atomic mass is 79.9. The average molecular weight is 372 g/mol. The van der Waals surface area contributed by atoms with E-state index in [0.29, 0.717) is 25.9 Å². The largest absolute Gasteiger partial charge is 0.337 e. The summed E-state index contributed by atoms with van der Waals surface area (Å²) in [5.41, 5.74) is 3.49. The fourth-order valence-corrected chi connectivity index (χ4v) is 5.25. The smallest absolute Gasteiger partial charge is 0.238 e. The second kappa shape index (κ2) is 5.39. The van der Waals surface area contributed by atoms with Gasteiger partial charge in [0.2, 0.25) is 5.91 Å². The minimum atomic E-state index is -3.23. The molecule has 1 aliphatic heterocycles. The van der Waals surface area contributed by atoms with Crippen LogP contribution in [0.25, 0.3) is 0 Å². The summed E-state index contributed by atoms with van der Waals surface area (Å²) < 4.78 is 25.0. The number of sulfone groups is 1. The van der Waals surface area contributed by atoms with E-state index in [1.165, 1.54) is 5.56 Å². The molecule has 2 aliphatic rings. The molecule has 1 saturated carbocycles. The van der Waals surface area contributed by atoms with E-state index in [9.17, 15) is 13.2 Å². The summed E-state index contributed by atoms with van der Waals surface area (Å²) >= 11 is 3.57. The van der Waals surface area contributed by atoms with E-state index in [4.69, 9.17) is 0 Å². The van der Waals surface area contributed by atoms with Crippen LogP contribution in [-0.2, 0) is 27.6 Å². The van der Waals surface area contributed by atoms with Crippen LogP contribution in [0.15, 0.2) is 16.6 Å². The van der Waals surface area contributed by atoms with E-state index in [1.807, 2.05) is 6.92 Å². The second-order valence-electron chi connectivity index (χ2n) is 5.96. The standard InChI is InChI=1S/C15H18BrNO3S/c1-10-6-11-8-17(5-4-13(11)14(16)7-10)15(18)9-21(19,20)12-2-3-12/h6-7,12H,2-5,8-9H2,1H3. The number of hydrogen-bond donors (Lipinski definition) is 0. The van der Waals surface area contributed by atoms with Crippen molar-refractivity contribution in [3.63, 3.8) is 0 Å². The van der Waals surface area contributed by atoms with E-state index < -0.39 is 9.84 Å². The zero-order valence-corrected chi connectivity index (χ0v) is 14.3. The lowest BCUT2D eigenvalue weighted by Gasteiger charge is -2.30. The molecular weight excluding hydrogens is 354 g/mol. The Hall–Kier alpha value is -0.880. The van der Waals surface area contributed by atoms with Gasteiger partial charge in [-0.3, -0.25) is 4.79 Å². The third kappa shape index (κ3) is 3.16. The van der Waals surface area contributed by atoms with Gasteiger partial charge in [0.05, 0.1) is 5.25 Å². The highest BCUT2D eigenvalue weighted by molar-refractivity contribution is 9.10. The Morgan fingerprint density at radius 2 is 2.10 bits per heavy atom. The number of hydrogen-bond acceptors (Lipinski definition) is 3. The number of benzene rings is 1. The number of halogens is 1. The molecule has 0 unspecified atom stereocenters. The minimum absolute atomic E-state index is 0.259. The molecule has 114 valence electrons. The quantitative estimate of drug-likeness (QED) is 0.818. The molecule has 0 N–H and O–H groups in total. The van der Waals surface area contributed by atoms with Gasteiger partial charge < -0.3 is 4.90 Å². The molecule has 4 nitrogen and oxygen atoms in total. The van der Waals surface area contributed by atoms with Crippen LogP contribution < -0.4 is 0 Å². The number of amides is 1. The Kier molecular flexibility index (Phi) is 3.86. The Balaban J connectivity index is 1.75. The minimum Gasteiger partial charge on any atom is -0.337 e. The first-order valence-corrected chi connectivity index (χ1v) is 9.65. The monoisotopic (exact) mass is 371 g/mol. The molecule has 1 amide bonds. The van der Waals surface area contributed by atoms with Crippen LogP contribution in [0.4, 0.5) is 0 Å². The van der Waals surface area contributed by atoms with Crippen LogP contribution in [0.3, 0.4) is 0 Å². The van der Waals surface area contributed by atoms with Gasteiger partial charge in [-0.05, 0) is 48.9 Å². The fourth-order valence-electron chi connectivity index (χ4n) is 2.82. The molecule has 0 saturated heterocycles. The summed E-state index contributed by atoms with van der Waals surface area (Å²) in [6.07, 6.45) is 2.20. The molecule has 3 rings (SSSR count). The molecule has 0 spiro atoms. The van der Waals surface area contributed by atoms with Crippen molar-refractivity contribution in [3.8, 4) is 0 Å². The summed E-state index contributed by atoms with van der Waals surface area (Å²) in [6.45, 7) is 3.12. The normalized spacial score (nSPS) is 18.5. The summed E-state index contributed by atoms with van der Waals surface area (Å²) in [4.78, 5) is 13.9. The van der Waals surface area contributed by atoms with Crippen LogP contribution in [0.2, 0.25) is 0 Å². The highest BCUT2D eigenvalue weighted by Crippen LogP contribution is 2.30. The van der Waals surface area contributed by atoms with E-state index in [1.54, 1.807) is 4.90 Å². The number of aryl methyl sites for hydroxylation is 1. The predicted molar refractivity (Wildman–Crippen MR) is 84.8 cm³/mol. The first kappa shape index (κ1) is 15.0. The highest BCUT2D eigenvalue weighted by Gasteiger charge is 2.38. The number of nitrogens with zero attached hydrogens (tertiary/aromatic N) is 1. The van der Waals surface area contributed by atoms with Crippen molar-refractivity contribution in [1.82, 2.24) is 4.90 Å². The van der Waals surface area contributed by atoms with E-state index >= 15 is 0 Å². The number of carbonyl (C=O) groups is 1. The molecule has 1 heterocycles. The molecule has 1 aromatic rings. The summed E-state index contributed by atoms with van der Waals surface area (Å²) in [5.74, 6) is -0.592. The van der Waals surface area contributed by atoms with Gasteiger partial charge >= 0.3 is 0 Å². The topological polar surface area (TPSA) is 54.5 Å². The average Bonchev–Trinajstić information content (AvgIpc) is 3.21. The van der Waals surface area contributed by atoms with Crippen LogP contribution in [-0.4, -0.2) is 36.8 Å². The molecule has 1 aromatic carbocycles. The van der Waals surface area contributed by atoms with Crippen molar-refractivity contribution in [2.45, 2.75) is 38.0 Å². The number of fused-ring (bicyclic) bond motifs is 1. The summed E-state index contributed by atoms with van der Waals surface area (Å²) in [5, 5.41) is -0.269. The molecule has 6 heteroatoms. The van der Waals surface area contributed by atoms with E-state index in [-0.39, 0.29) is 16.9 Å². The van der Waals surface area contributed by atoms with Gasteiger partial charge in [0.1, 0.15) is 5.75 Å². The van der Waals surface area contributed by atoms with Gasteiger partial charge in [0.25, 0.3) is 0 Å². The van der Waals surface area contributed by atoms with Crippen molar-refractivity contribution < 1.29 is 13.2 Å². The van der Waals surface area contributed by atoms with E-state index in [0.717, 1.165) is 22.0 Å². The maximum atomic E-state index is 12.3. The SMILES string of the molecule is Cc1cc(Br)c2c(c1)CN(C(=O)CS(=O)(=O)C1CC1)CC2. The van der Waals surface area contributed by atoms with Crippen LogP contribution >= 0.6 is 15.9 Å². The zero-order chi connectivity index (χ0) is 15.2. The molecule has 0 atom stereocenters. The maximum Gasteiger partial charge on any atom is 0.238 e. The lowest BCUT2D eigenvalue weighted by molar-refractivity contribution is -0.129. The number of carbonyl (C=O) groups excluding carboxylic acids is 1. The molecule has 1 aliphatic carbocycles. The van der Waals surface area contributed by atoms with Gasteiger partial charge in [-0.1, -0.05) is 22.0 Å². The third-order valence-electron chi connectivity index (χ3n) is 4.13. The van der Waals surface area contributed by atoms with Crippen LogP contribution in [0.5, 0.6) is 0 Å². The molecule has 0 radical (unpaired) electrons. The third-order valence-corrected chi connectivity index (χ3v) is 6.98. The maximum absolute atomic E-state index is 12.3. The Morgan fingerprint density at radius 1 is 1.38 bits per heavy atom. The van der Waals surface area contributed by atoms with Crippen molar-refractivity contribution in [2.75, 3.05) is 12.3 Å². The van der Waals surface area contributed by atoms with E-state index in [2.05, 4.69) is 28.1 Å². The van der Waals surface area contributed by atoms with Crippen LogP contribution in [0.1, 0.15) is 29.5 Å². The predicted octanol–water partition coefficient (Wildman–Crippen LogP) is 2.22.